The predicted octanol–water partition coefficient (Wildman–Crippen LogP) is 3.46. The van der Waals surface area contributed by atoms with E-state index in [9.17, 15) is 9.59 Å². The molecule has 0 aromatic heterocycles. The topological polar surface area (TPSA) is 64.6 Å². The Morgan fingerprint density at radius 3 is 2.48 bits per heavy atom. The van der Waals surface area contributed by atoms with Gasteiger partial charge in [-0.3, -0.25) is 0 Å². The van der Waals surface area contributed by atoms with Gasteiger partial charge >= 0.3 is 12.1 Å². The Bertz CT molecular complexity index is 589. The summed E-state index contributed by atoms with van der Waals surface area (Å²) in [5.74, 6) is -0.380. The van der Waals surface area contributed by atoms with Gasteiger partial charge in [0.1, 0.15) is 11.7 Å². The molecule has 0 aliphatic heterocycles. The molecule has 1 saturated carbocycles. The summed E-state index contributed by atoms with van der Waals surface area (Å²) < 4.78 is 10.7. The van der Waals surface area contributed by atoms with Crippen molar-refractivity contribution in [2.24, 2.45) is 0 Å². The van der Waals surface area contributed by atoms with Crippen LogP contribution in [0.2, 0.25) is 0 Å². The number of rotatable bonds is 3. The Kier molecular flexibility index (Phi) is 5.08. The molecule has 1 N–H and O–H groups in total. The van der Waals surface area contributed by atoms with Crippen LogP contribution in [0.5, 0.6) is 0 Å². The van der Waals surface area contributed by atoms with Gasteiger partial charge in [0.05, 0.1) is 5.56 Å². The van der Waals surface area contributed by atoms with E-state index in [1.165, 1.54) is 0 Å². The summed E-state index contributed by atoms with van der Waals surface area (Å²) in [6.07, 6.45) is 0.232. The van der Waals surface area contributed by atoms with Gasteiger partial charge < -0.3 is 14.8 Å². The minimum absolute atomic E-state index is 0.133. The van der Waals surface area contributed by atoms with Crippen molar-refractivity contribution in [1.29, 1.82) is 0 Å². The van der Waals surface area contributed by atoms with Crippen LogP contribution in [0, 0.1) is 0 Å². The molecule has 0 radical (unpaired) electrons. The minimum atomic E-state index is -0.543. The lowest BCUT2D eigenvalue weighted by Gasteiger charge is -2.21. The maximum atomic E-state index is 12.1. The molecular formula is C18H23NO4. The Balaban J connectivity index is 1.88. The number of hydrogen-bond donors (Lipinski definition) is 1. The summed E-state index contributed by atoms with van der Waals surface area (Å²) in [5, 5.41) is 2.80. The highest BCUT2D eigenvalue weighted by Gasteiger charge is 2.33. The number of alkyl carbamates (subject to hydrolysis) is 1. The quantitative estimate of drug-likeness (QED) is 0.685. The molecule has 124 valence electrons. The number of carbonyl (C=O) groups excluding carboxylic acids is 2. The van der Waals surface area contributed by atoms with Crippen molar-refractivity contribution in [3.8, 4) is 0 Å². The highest BCUT2D eigenvalue weighted by Crippen LogP contribution is 2.27. The SMILES string of the molecule is C=C1C[C@@H](NC(=O)OC(C)(C)C)C[C@H]1OC(=O)c1ccccc1. The van der Waals surface area contributed by atoms with Crippen LogP contribution < -0.4 is 5.32 Å². The van der Waals surface area contributed by atoms with Crippen molar-refractivity contribution in [1.82, 2.24) is 5.32 Å². The molecule has 5 nitrogen and oxygen atoms in total. The first kappa shape index (κ1) is 17.1. The van der Waals surface area contributed by atoms with Crippen molar-refractivity contribution >= 4 is 12.1 Å². The summed E-state index contributed by atoms with van der Waals surface area (Å²) in [6.45, 7) is 9.38. The average Bonchev–Trinajstić information content (AvgIpc) is 2.77. The van der Waals surface area contributed by atoms with Crippen LogP contribution in [0.1, 0.15) is 44.0 Å². The average molecular weight is 317 g/mol. The monoisotopic (exact) mass is 317 g/mol. The van der Waals surface area contributed by atoms with E-state index in [0.717, 1.165) is 5.57 Å². The van der Waals surface area contributed by atoms with Gasteiger partial charge in [0.2, 0.25) is 0 Å². The molecule has 1 aliphatic carbocycles. The van der Waals surface area contributed by atoms with Crippen molar-refractivity contribution in [3.63, 3.8) is 0 Å². The van der Waals surface area contributed by atoms with Gasteiger partial charge in [-0.1, -0.05) is 24.8 Å². The first-order valence-electron chi connectivity index (χ1n) is 7.68. The first-order chi connectivity index (χ1) is 10.7. The number of carbonyl (C=O) groups is 2. The van der Waals surface area contributed by atoms with Crippen molar-refractivity contribution in [2.75, 3.05) is 0 Å². The third kappa shape index (κ3) is 5.13. The summed E-state index contributed by atoms with van der Waals surface area (Å²) in [6, 6.07) is 8.68. The highest BCUT2D eigenvalue weighted by atomic mass is 16.6. The summed E-state index contributed by atoms with van der Waals surface area (Å²) in [7, 11) is 0. The van der Waals surface area contributed by atoms with Gasteiger partial charge in [0.15, 0.2) is 0 Å². The summed E-state index contributed by atoms with van der Waals surface area (Å²) in [4.78, 5) is 23.9. The molecule has 0 spiro atoms. The van der Waals surface area contributed by atoms with Gasteiger partial charge in [0.25, 0.3) is 0 Å². The molecule has 1 fully saturated rings. The molecular weight excluding hydrogens is 294 g/mol. The van der Waals surface area contributed by atoms with E-state index in [1.54, 1.807) is 24.3 Å². The van der Waals surface area contributed by atoms with E-state index in [0.29, 0.717) is 18.4 Å². The maximum absolute atomic E-state index is 12.1. The molecule has 1 amide bonds. The summed E-state index contributed by atoms with van der Waals surface area (Å²) >= 11 is 0. The van der Waals surface area contributed by atoms with Gasteiger partial charge in [-0.25, -0.2) is 9.59 Å². The van der Waals surface area contributed by atoms with Crippen molar-refractivity contribution in [2.45, 2.75) is 51.4 Å². The fourth-order valence-electron chi connectivity index (χ4n) is 2.44. The zero-order valence-corrected chi connectivity index (χ0v) is 13.8. The van der Waals surface area contributed by atoms with E-state index < -0.39 is 11.7 Å². The third-order valence-corrected chi connectivity index (χ3v) is 3.44. The number of amides is 1. The molecule has 5 heteroatoms. The second-order valence-corrected chi connectivity index (χ2v) is 6.70. The fourth-order valence-corrected chi connectivity index (χ4v) is 2.44. The van der Waals surface area contributed by atoms with Gasteiger partial charge in [-0.05, 0) is 44.9 Å². The number of hydrogen-bond acceptors (Lipinski definition) is 4. The fraction of sp³-hybridized carbons (Fsp3) is 0.444. The Morgan fingerprint density at radius 1 is 1.22 bits per heavy atom. The molecule has 0 saturated heterocycles. The largest absolute Gasteiger partial charge is 0.454 e. The number of nitrogens with one attached hydrogen (secondary N) is 1. The number of ether oxygens (including phenoxy) is 2. The standard InChI is InChI=1S/C18H23NO4/c1-12-10-14(19-17(21)23-18(2,3)4)11-15(12)22-16(20)13-8-6-5-7-9-13/h5-9,14-15H,1,10-11H2,2-4H3,(H,19,21)/t14-,15-/m1/s1. The van der Waals surface area contributed by atoms with Gasteiger partial charge in [-0.15, -0.1) is 0 Å². The molecule has 23 heavy (non-hydrogen) atoms. The Labute approximate surface area is 136 Å². The molecule has 2 rings (SSSR count). The van der Waals surface area contributed by atoms with E-state index >= 15 is 0 Å². The first-order valence-corrected chi connectivity index (χ1v) is 7.68. The van der Waals surface area contributed by atoms with Crippen molar-refractivity contribution < 1.29 is 19.1 Å². The molecule has 1 aliphatic rings. The van der Waals surface area contributed by atoms with E-state index in [-0.39, 0.29) is 18.1 Å². The lowest BCUT2D eigenvalue weighted by Crippen LogP contribution is -2.38. The van der Waals surface area contributed by atoms with Crippen molar-refractivity contribution in [3.05, 3.63) is 48.0 Å². The van der Waals surface area contributed by atoms with E-state index in [4.69, 9.17) is 9.47 Å². The predicted molar refractivity (Wildman–Crippen MR) is 87.2 cm³/mol. The molecule has 1 aromatic carbocycles. The highest BCUT2D eigenvalue weighted by molar-refractivity contribution is 5.89. The molecule has 0 heterocycles. The third-order valence-electron chi connectivity index (χ3n) is 3.44. The molecule has 0 bridgehead atoms. The molecule has 1 aromatic rings. The van der Waals surface area contributed by atoms with Crippen LogP contribution in [0.15, 0.2) is 42.5 Å². The van der Waals surface area contributed by atoms with Crippen LogP contribution in [0.3, 0.4) is 0 Å². The van der Waals surface area contributed by atoms with Crippen LogP contribution in [-0.4, -0.2) is 29.8 Å². The lowest BCUT2D eigenvalue weighted by molar-refractivity contribution is 0.0372. The lowest BCUT2D eigenvalue weighted by atomic mass is 10.2. The number of esters is 1. The van der Waals surface area contributed by atoms with E-state index in [1.807, 2.05) is 26.8 Å². The summed E-state index contributed by atoms with van der Waals surface area (Å²) in [5.41, 5.74) is 0.762. The zero-order valence-electron chi connectivity index (χ0n) is 13.8. The molecule has 2 atom stereocenters. The smallest absolute Gasteiger partial charge is 0.407 e. The minimum Gasteiger partial charge on any atom is -0.454 e. The number of benzene rings is 1. The Hall–Kier alpha value is -2.30. The normalized spacial score (nSPS) is 20.9. The van der Waals surface area contributed by atoms with Crippen LogP contribution >= 0.6 is 0 Å². The van der Waals surface area contributed by atoms with Crippen LogP contribution in [-0.2, 0) is 9.47 Å². The van der Waals surface area contributed by atoms with E-state index in [2.05, 4.69) is 11.9 Å². The maximum Gasteiger partial charge on any atom is 0.407 e. The second kappa shape index (κ2) is 6.86. The van der Waals surface area contributed by atoms with Crippen LogP contribution in [0.25, 0.3) is 0 Å². The molecule has 0 unspecified atom stereocenters. The second-order valence-electron chi connectivity index (χ2n) is 6.70. The van der Waals surface area contributed by atoms with Gasteiger partial charge in [-0.2, -0.15) is 0 Å². The zero-order chi connectivity index (χ0) is 17.0. The van der Waals surface area contributed by atoms with Crippen LogP contribution in [0.4, 0.5) is 4.79 Å². The van der Waals surface area contributed by atoms with Gasteiger partial charge in [0, 0.05) is 12.5 Å². The Morgan fingerprint density at radius 2 is 1.87 bits per heavy atom.